The van der Waals surface area contributed by atoms with Gasteiger partial charge >= 0.3 is 5.69 Å². The molecule has 6 aromatic rings. The summed E-state index contributed by atoms with van der Waals surface area (Å²) in [7, 11) is 0. The highest BCUT2D eigenvalue weighted by Gasteiger charge is 2.46. The van der Waals surface area contributed by atoms with Crippen LogP contribution in [0, 0.1) is 0 Å². The van der Waals surface area contributed by atoms with Crippen LogP contribution >= 0.6 is 0 Å². The highest BCUT2D eigenvalue weighted by atomic mass is 16.8. The number of hydrogen-bond donors (Lipinski definition) is 0. The normalized spacial score (nSPS) is 19.8. The number of para-hydroxylation sites is 1. The van der Waals surface area contributed by atoms with Crippen LogP contribution < -0.4 is 20.2 Å². The fraction of sp³-hybridized carbons (Fsp3) is 0.342. The minimum absolute atomic E-state index is 0.0673. The standard InChI is InChI=1S/C38H41N9O4/c1-3-28(2)47-37(48)45(27-42-47)32-11-9-30(10-12-32)43-20-22-44(23-21-43)31-13-15-33(16-14-31)49-24-34-25-50-38(51-34,26-46-40-18-19-41-46)35-8-4-6-29-7-5-17-39-36(29)35/h4-19,27-28,34H,3,20-26H2,1-2H3/t28?,34-,38-/m1/s1. The molecule has 2 fully saturated rings. The van der Waals surface area contributed by atoms with Gasteiger partial charge in [0.15, 0.2) is 0 Å². The molecule has 13 nitrogen and oxygen atoms in total. The number of pyridine rings is 1. The Hall–Kier alpha value is -5.53. The van der Waals surface area contributed by atoms with Crippen LogP contribution in [-0.4, -0.2) is 79.8 Å². The summed E-state index contributed by atoms with van der Waals surface area (Å²) in [5.41, 5.74) is 4.67. The van der Waals surface area contributed by atoms with E-state index in [1.165, 1.54) is 0 Å². The molecule has 2 aliphatic heterocycles. The van der Waals surface area contributed by atoms with Crippen LogP contribution in [0.3, 0.4) is 0 Å². The Morgan fingerprint density at radius 3 is 2.22 bits per heavy atom. The van der Waals surface area contributed by atoms with E-state index in [4.69, 9.17) is 14.2 Å². The number of aromatic nitrogens is 7. The van der Waals surface area contributed by atoms with Crippen molar-refractivity contribution in [2.45, 2.75) is 44.7 Å². The predicted molar refractivity (Wildman–Crippen MR) is 193 cm³/mol. The lowest BCUT2D eigenvalue weighted by molar-refractivity contribution is -0.191. The molecule has 8 rings (SSSR count). The second kappa shape index (κ2) is 14.0. The summed E-state index contributed by atoms with van der Waals surface area (Å²) in [6, 6.07) is 26.4. The molecule has 2 aliphatic rings. The maximum absolute atomic E-state index is 12.8. The smallest absolute Gasteiger partial charge is 0.350 e. The Morgan fingerprint density at radius 1 is 0.843 bits per heavy atom. The van der Waals surface area contributed by atoms with Crippen molar-refractivity contribution in [1.29, 1.82) is 0 Å². The number of benzene rings is 3. The van der Waals surface area contributed by atoms with E-state index in [1.54, 1.807) is 39.0 Å². The molecule has 0 spiro atoms. The van der Waals surface area contributed by atoms with E-state index in [-0.39, 0.29) is 24.4 Å². The van der Waals surface area contributed by atoms with Gasteiger partial charge in [-0.15, -0.1) is 0 Å². The molecular weight excluding hydrogens is 646 g/mol. The number of piperazine rings is 1. The van der Waals surface area contributed by atoms with Gasteiger partial charge in [0.05, 0.1) is 36.2 Å². The molecule has 51 heavy (non-hydrogen) atoms. The molecule has 0 amide bonds. The zero-order valence-electron chi connectivity index (χ0n) is 28.8. The number of fused-ring (bicyclic) bond motifs is 1. The van der Waals surface area contributed by atoms with E-state index in [0.29, 0.717) is 13.2 Å². The summed E-state index contributed by atoms with van der Waals surface area (Å²) in [4.78, 5) is 23.8. The van der Waals surface area contributed by atoms with Crippen LogP contribution in [0.4, 0.5) is 11.4 Å². The lowest BCUT2D eigenvalue weighted by Crippen LogP contribution is -2.46. The van der Waals surface area contributed by atoms with Gasteiger partial charge in [-0.25, -0.2) is 14.0 Å². The summed E-state index contributed by atoms with van der Waals surface area (Å²) in [6.07, 6.45) is 7.22. The van der Waals surface area contributed by atoms with E-state index in [9.17, 15) is 4.79 Å². The van der Waals surface area contributed by atoms with Crippen molar-refractivity contribution in [3.8, 4) is 11.4 Å². The van der Waals surface area contributed by atoms with Crippen molar-refractivity contribution in [3.63, 3.8) is 0 Å². The van der Waals surface area contributed by atoms with Crippen LogP contribution in [0.2, 0.25) is 0 Å². The topological polar surface area (TPSA) is 118 Å². The molecule has 13 heteroatoms. The molecule has 1 unspecified atom stereocenters. The average Bonchev–Trinajstić information content (AvgIpc) is 3.95. The zero-order valence-corrected chi connectivity index (χ0v) is 28.8. The van der Waals surface area contributed by atoms with Crippen LogP contribution in [0.15, 0.2) is 109 Å². The number of ether oxygens (including phenoxy) is 3. The third kappa shape index (κ3) is 6.57. The van der Waals surface area contributed by atoms with Gasteiger partial charge in [-0.2, -0.15) is 20.1 Å². The SMILES string of the molecule is CCC(C)n1ncn(-c2ccc(N3CCN(c4ccc(OC[C@@H]5CO[C@@](Cn6nccn6)(c6cccc7cccnc67)O5)cc4)CC3)cc2)c1=O. The molecule has 3 aromatic carbocycles. The zero-order chi connectivity index (χ0) is 34.8. The fourth-order valence-corrected chi connectivity index (χ4v) is 6.84. The van der Waals surface area contributed by atoms with Gasteiger partial charge in [0.2, 0.25) is 5.79 Å². The molecule has 2 saturated heterocycles. The molecule has 5 heterocycles. The molecule has 3 aromatic heterocycles. The first kappa shape index (κ1) is 32.7. The Bertz CT molecular complexity index is 2120. The van der Waals surface area contributed by atoms with Crippen LogP contribution in [0.5, 0.6) is 5.75 Å². The molecule has 262 valence electrons. The highest BCUT2D eigenvalue weighted by molar-refractivity contribution is 5.82. The number of anilines is 2. The molecule has 0 N–H and O–H groups in total. The summed E-state index contributed by atoms with van der Waals surface area (Å²) in [5, 5.41) is 13.9. The molecule has 0 aliphatic carbocycles. The van der Waals surface area contributed by atoms with Crippen molar-refractivity contribution in [1.82, 2.24) is 34.3 Å². The summed E-state index contributed by atoms with van der Waals surface area (Å²) in [6.45, 7) is 8.61. The number of nitrogens with zero attached hydrogens (tertiary/aromatic N) is 9. The van der Waals surface area contributed by atoms with Crippen molar-refractivity contribution in [3.05, 3.63) is 120 Å². The van der Waals surface area contributed by atoms with Gasteiger partial charge < -0.3 is 24.0 Å². The molecule has 0 bridgehead atoms. The lowest BCUT2D eigenvalue weighted by atomic mass is 10.0. The predicted octanol–water partition coefficient (Wildman–Crippen LogP) is 4.82. The fourth-order valence-electron chi connectivity index (χ4n) is 6.84. The molecule has 0 saturated carbocycles. The molecular formula is C38H41N9O4. The van der Waals surface area contributed by atoms with E-state index in [2.05, 4.69) is 61.3 Å². The minimum atomic E-state index is -1.11. The van der Waals surface area contributed by atoms with Crippen LogP contribution in [0.1, 0.15) is 31.9 Å². The largest absolute Gasteiger partial charge is 0.491 e. The second-order valence-corrected chi connectivity index (χ2v) is 13.0. The highest BCUT2D eigenvalue weighted by Crippen LogP contribution is 2.39. The molecule has 3 atom stereocenters. The first-order chi connectivity index (χ1) is 25.0. The number of rotatable bonds is 11. The van der Waals surface area contributed by atoms with Crippen molar-refractivity contribution < 1.29 is 14.2 Å². The minimum Gasteiger partial charge on any atom is -0.491 e. The van der Waals surface area contributed by atoms with Gasteiger partial charge in [-0.05, 0) is 67.9 Å². The van der Waals surface area contributed by atoms with E-state index >= 15 is 0 Å². The van der Waals surface area contributed by atoms with Gasteiger partial charge in [-0.3, -0.25) is 4.98 Å². The van der Waals surface area contributed by atoms with Gasteiger partial charge in [0.25, 0.3) is 0 Å². The van der Waals surface area contributed by atoms with E-state index < -0.39 is 5.79 Å². The van der Waals surface area contributed by atoms with Gasteiger partial charge in [0.1, 0.15) is 31.3 Å². The summed E-state index contributed by atoms with van der Waals surface area (Å²) >= 11 is 0. The Kier molecular flexibility index (Phi) is 8.97. The summed E-state index contributed by atoms with van der Waals surface area (Å²) in [5.74, 6) is -0.334. The maximum Gasteiger partial charge on any atom is 0.350 e. The van der Waals surface area contributed by atoms with E-state index in [0.717, 1.165) is 71.9 Å². The third-order valence-electron chi connectivity index (χ3n) is 9.83. The monoisotopic (exact) mass is 687 g/mol. The lowest BCUT2D eigenvalue weighted by Gasteiger charge is -2.37. The van der Waals surface area contributed by atoms with Crippen molar-refractivity contribution >= 4 is 22.3 Å². The summed E-state index contributed by atoms with van der Waals surface area (Å²) < 4.78 is 22.4. The van der Waals surface area contributed by atoms with Gasteiger partial charge in [-0.1, -0.05) is 31.2 Å². The van der Waals surface area contributed by atoms with E-state index in [1.807, 2.05) is 61.5 Å². The quantitative estimate of drug-likeness (QED) is 0.188. The Labute approximate surface area is 295 Å². The first-order valence-electron chi connectivity index (χ1n) is 17.5. The first-order valence-corrected chi connectivity index (χ1v) is 17.5. The molecule has 0 radical (unpaired) electrons. The average molecular weight is 688 g/mol. The van der Waals surface area contributed by atoms with Gasteiger partial charge in [0, 0.05) is 54.7 Å². The Balaban J connectivity index is 0.867. The van der Waals surface area contributed by atoms with Crippen molar-refractivity contribution in [2.75, 3.05) is 49.2 Å². The number of hydrogen-bond acceptors (Lipinski definition) is 10. The third-order valence-corrected chi connectivity index (χ3v) is 9.83. The van der Waals surface area contributed by atoms with Crippen molar-refractivity contribution in [2.24, 2.45) is 0 Å². The maximum atomic E-state index is 12.8. The Morgan fingerprint density at radius 2 is 1.51 bits per heavy atom. The van der Waals surface area contributed by atoms with Crippen LogP contribution in [0.25, 0.3) is 16.6 Å². The second-order valence-electron chi connectivity index (χ2n) is 13.0. The van der Waals surface area contributed by atoms with Crippen LogP contribution in [-0.2, 0) is 21.8 Å².